The van der Waals surface area contributed by atoms with Crippen molar-refractivity contribution < 1.29 is 13.9 Å². The Hall–Kier alpha value is -1.74. The summed E-state index contributed by atoms with van der Waals surface area (Å²) in [5.41, 5.74) is 1.56. The van der Waals surface area contributed by atoms with Gasteiger partial charge in [-0.2, -0.15) is 0 Å². The molecule has 0 aliphatic carbocycles. The van der Waals surface area contributed by atoms with Crippen molar-refractivity contribution in [1.29, 1.82) is 0 Å². The molecule has 16 heavy (non-hydrogen) atoms. The zero-order valence-corrected chi connectivity index (χ0v) is 9.32. The van der Waals surface area contributed by atoms with Crippen LogP contribution in [-0.2, 0) is 0 Å². The van der Waals surface area contributed by atoms with E-state index in [1.807, 2.05) is 6.07 Å². The van der Waals surface area contributed by atoms with Gasteiger partial charge in [-0.1, -0.05) is 17.7 Å². The maximum absolute atomic E-state index is 10.7. The zero-order valence-electron chi connectivity index (χ0n) is 8.57. The molecule has 1 heterocycles. The second kappa shape index (κ2) is 4.41. The van der Waals surface area contributed by atoms with Crippen molar-refractivity contribution in [2.45, 2.75) is 0 Å². The number of furan rings is 1. The molecule has 2 rings (SSSR count). The van der Waals surface area contributed by atoms with E-state index in [9.17, 15) is 4.79 Å². The summed E-state index contributed by atoms with van der Waals surface area (Å²) in [6, 6.07) is 7.02. The molecule has 0 fully saturated rings. The van der Waals surface area contributed by atoms with Crippen LogP contribution >= 0.6 is 11.6 Å². The number of ether oxygens (including phenoxy) is 1. The molecule has 0 unspecified atom stereocenters. The van der Waals surface area contributed by atoms with Gasteiger partial charge in [0, 0.05) is 5.56 Å². The van der Waals surface area contributed by atoms with E-state index >= 15 is 0 Å². The molecule has 0 aliphatic rings. The molecule has 2 aromatic rings. The predicted molar refractivity (Wildman–Crippen MR) is 61.1 cm³/mol. The van der Waals surface area contributed by atoms with E-state index in [2.05, 4.69) is 0 Å². The summed E-state index contributed by atoms with van der Waals surface area (Å²) in [6.45, 7) is 0. The van der Waals surface area contributed by atoms with Crippen molar-refractivity contribution in [2.75, 3.05) is 7.11 Å². The largest absolute Gasteiger partial charge is 0.495 e. The number of methoxy groups -OCH3 is 1. The topological polar surface area (TPSA) is 39.4 Å². The van der Waals surface area contributed by atoms with Gasteiger partial charge < -0.3 is 9.15 Å². The number of rotatable bonds is 3. The SMILES string of the molecule is COc1cc(-c2ccoc2C=O)ccc1Cl. The molecular weight excluding hydrogens is 228 g/mol. The Morgan fingerprint density at radius 3 is 2.88 bits per heavy atom. The molecule has 0 aliphatic heterocycles. The van der Waals surface area contributed by atoms with Gasteiger partial charge in [-0.25, -0.2) is 0 Å². The monoisotopic (exact) mass is 236 g/mol. The molecule has 82 valence electrons. The Morgan fingerprint density at radius 1 is 1.38 bits per heavy atom. The molecule has 0 N–H and O–H groups in total. The summed E-state index contributed by atoms with van der Waals surface area (Å²) in [5, 5.41) is 0.530. The van der Waals surface area contributed by atoms with Gasteiger partial charge in [0.05, 0.1) is 18.4 Å². The first-order chi connectivity index (χ1) is 7.76. The van der Waals surface area contributed by atoms with Gasteiger partial charge in [0.2, 0.25) is 0 Å². The van der Waals surface area contributed by atoms with E-state index in [4.69, 9.17) is 20.8 Å². The van der Waals surface area contributed by atoms with E-state index in [1.165, 1.54) is 6.26 Å². The molecule has 0 amide bonds. The molecule has 4 heteroatoms. The second-order valence-corrected chi connectivity index (χ2v) is 3.57. The lowest BCUT2D eigenvalue weighted by Crippen LogP contribution is -1.86. The van der Waals surface area contributed by atoms with E-state index in [-0.39, 0.29) is 0 Å². The highest BCUT2D eigenvalue weighted by atomic mass is 35.5. The molecule has 1 aromatic carbocycles. The number of carbonyl (C=O) groups excluding carboxylic acids is 1. The lowest BCUT2D eigenvalue weighted by Gasteiger charge is -2.05. The quantitative estimate of drug-likeness (QED) is 0.767. The number of aldehydes is 1. The van der Waals surface area contributed by atoms with Gasteiger partial charge in [-0.3, -0.25) is 4.79 Å². The van der Waals surface area contributed by atoms with Gasteiger partial charge in [0.15, 0.2) is 12.0 Å². The fraction of sp³-hybridized carbons (Fsp3) is 0.0833. The van der Waals surface area contributed by atoms with Crippen LogP contribution in [0.15, 0.2) is 34.9 Å². The van der Waals surface area contributed by atoms with Crippen LogP contribution in [-0.4, -0.2) is 13.4 Å². The summed E-state index contributed by atoms with van der Waals surface area (Å²) >= 11 is 5.91. The van der Waals surface area contributed by atoms with Crippen LogP contribution < -0.4 is 4.74 Å². The lowest BCUT2D eigenvalue weighted by atomic mass is 10.1. The number of hydrogen-bond donors (Lipinski definition) is 0. The maximum Gasteiger partial charge on any atom is 0.185 e. The van der Waals surface area contributed by atoms with Crippen molar-refractivity contribution in [3.63, 3.8) is 0 Å². The predicted octanol–water partition coefficient (Wildman–Crippen LogP) is 3.42. The smallest absolute Gasteiger partial charge is 0.185 e. The minimum Gasteiger partial charge on any atom is -0.495 e. The van der Waals surface area contributed by atoms with Crippen LogP contribution in [0.3, 0.4) is 0 Å². The fourth-order valence-corrected chi connectivity index (χ4v) is 1.67. The summed E-state index contributed by atoms with van der Waals surface area (Å²) in [5.74, 6) is 0.863. The zero-order chi connectivity index (χ0) is 11.5. The second-order valence-electron chi connectivity index (χ2n) is 3.17. The highest BCUT2D eigenvalue weighted by Gasteiger charge is 2.10. The van der Waals surface area contributed by atoms with Crippen molar-refractivity contribution >= 4 is 17.9 Å². The normalized spacial score (nSPS) is 10.1. The van der Waals surface area contributed by atoms with Crippen LogP contribution in [0.25, 0.3) is 11.1 Å². The minimum atomic E-state index is 0.296. The average Bonchev–Trinajstić information content (AvgIpc) is 2.78. The molecule has 0 spiro atoms. The Bertz CT molecular complexity index is 517. The van der Waals surface area contributed by atoms with Crippen molar-refractivity contribution in [3.8, 4) is 16.9 Å². The van der Waals surface area contributed by atoms with Crippen molar-refractivity contribution in [2.24, 2.45) is 0 Å². The van der Waals surface area contributed by atoms with Gasteiger partial charge in [0.25, 0.3) is 0 Å². The molecule has 0 atom stereocenters. The highest BCUT2D eigenvalue weighted by molar-refractivity contribution is 6.32. The van der Waals surface area contributed by atoms with Gasteiger partial charge in [0.1, 0.15) is 5.75 Å². The Kier molecular flexibility index (Phi) is 2.97. The summed E-state index contributed by atoms with van der Waals surface area (Å²) in [7, 11) is 1.54. The molecule has 0 saturated carbocycles. The summed E-state index contributed by atoms with van der Waals surface area (Å²) in [6.07, 6.45) is 2.15. The maximum atomic E-state index is 10.7. The van der Waals surface area contributed by atoms with Crippen molar-refractivity contribution in [3.05, 3.63) is 41.3 Å². The Labute approximate surface area is 97.6 Å². The highest BCUT2D eigenvalue weighted by Crippen LogP contribution is 2.31. The van der Waals surface area contributed by atoms with Crippen LogP contribution in [0, 0.1) is 0 Å². The molecule has 1 aromatic heterocycles. The molecular formula is C12H9ClO3. The third kappa shape index (κ3) is 1.82. The van der Waals surface area contributed by atoms with E-state index in [1.54, 1.807) is 25.3 Å². The van der Waals surface area contributed by atoms with Crippen LogP contribution in [0.1, 0.15) is 10.6 Å². The van der Waals surface area contributed by atoms with Crippen molar-refractivity contribution in [1.82, 2.24) is 0 Å². The molecule has 3 nitrogen and oxygen atoms in total. The lowest BCUT2D eigenvalue weighted by molar-refractivity contribution is 0.110. The molecule has 0 radical (unpaired) electrons. The number of halogens is 1. The van der Waals surface area contributed by atoms with E-state index < -0.39 is 0 Å². The van der Waals surface area contributed by atoms with E-state index in [0.717, 1.165) is 11.1 Å². The minimum absolute atomic E-state index is 0.296. The first-order valence-electron chi connectivity index (χ1n) is 4.63. The van der Waals surface area contributed by atoms with Gasteiger partial charge >= 0.3 is 0 Å². The number of carbonyl (C=O) groups is 1. The van der Waals surface area contributed by atoms with Crippen LogP contribution in [0.4, 0.5) is 0 Å². The molecule has 0 saturated heterocycles. The number of benzene rings is 1. The summed E-state index contributed by atoms with van der Waals surface area (Å²) < 4.78 is 10.1. The molecule has 0 bridgehead atoms. The van der Waals surface area contributed by atoms with Crippen LogP contribution in [0.2, 0.25) is 5.02 Å². The Balaban J connectivity index is 2.52. The van der Waals surface area contributed by atoms with Crippen LogP contribution in [0.5, 0.6) is 5.75 Å². The van der Waals surface area contributed by atoms with E-state index in [0.29, 0.717) is 22.8 Å². The summed E-state index contributed by atoms with van der Waals surface area (Å²) in [4.78, 5) is 10.7. The Morgan fingerprint density at radius 2 is 2.19 bits per heavy atom. The standard InChI is InChI=1S/C12H9ClO3/c1-15-11-6-8(2-3-10(11)13)9-4-5-16-12(9)7-14/h2-7H,1H3. The fourth-order valence-electron chi connectivity index (χ4n) is 1.48. The third-order valence-electron chi connectivity index (χ3n) is 2.26. The average molecular weight is 237 g/mol. The van der Waals surface area contributed by atoms with Gasteiger partial charge in [-0.05, 0) is 23.8 Å². The van der Waals surface area contributed by atoms with Gasteiger partial charge in [-0.15, -0.1) is 0 Å². The third-order valence-corrected chi connectivity index (χ3v) is 2.58. The number of hydrogen-bond acceptors (Lipinski definition) is 3. The first-order valence-corrected chi connectivity index (χ1v) is 5.00. The first kappa shape index (κ1) is 10.8.